The van der Waals surface area contributed by atoms with E-state index in [1.807, 2.05) is 0 Å². The second kappa shape index (κ2) is 6.08. The monoisotopic (exact) mass is 215 g/mol. The molecule has 1 saturated heterocycles. The van der Waals surface area contributed by atoms with Crippen LogP contribution >= 0.6 is 0 Å². The molecule has 1 fully saturated rings. The number of hydrogen-bond acceptors (Lipinski definition) is 4. The summed E-state index contributed by atoms with van der Waals surface area (Å²) in [6, 6.07) is 0.824. The summed E-state index contributed by atoms with van der Waals surface area (Å²) in [7, 11) is 1.44. The molecule has 0 aliphatic carbocycles. The van der Waals surface area contributed by atoms with Gasteiger partial charge in [-0.15, -0.1) is 0 Å². The molecule has 88 valence electrons. The van der Waals surface area contributed by atoms with E-state index in [0.717, 1.165) is 26.1 Å². The first-order valence-electron chi connectivity index (χ1n) is 5.55. The average molecular weight is 215 g/mol. The van der Waals surface area contributed by atoms with Crippen LogP contribution in [-0.4, -0.2) is 49.8 Å². The normalized spacial score (nSPS) is 18.5. The lowest BCUT2D eigenvalue weighted by Gasteiger charge is -2.36. The van der Waals surface area contributed by atoms with Crippen LogP contribution in [0.2, 0.25) is 0 Å². The molecular weight excluding hydrogens is 194 g/mol. The average Bonchev–Trinajstić information content (AvgIpc) is 2.26. The van der Waals surface area contributed by atoms with E-state index in [9.17, 15) is 4.79 Å². The minimum atomic E-state index is -0.157. The molecule has 1 aliphatic heterocycles. The summed E-state index contributed by atoms with van der Waals surface area (Å²) in [6.07, 6.45) is 2.02. The maximum atomic E-state index is 11.3. The quantitative estimate of drug-likeness (QED) is 0.657. The highest BCUT2D eigenvalue weighted by atomic mass is 16.5. The minimum Gasteiger partial charge on any atom is -0.468 e. The first-order chi connectivity index (χ1) is 7.15. The van der Waals surface area contributed by atoms with Gasteiger partial charge in [-0.25, -0.2) is 0 Å². The highest BCUT2D eigenvalue weighted by Crippen LogP contribution is 2.16. The maximum absolute atomic E-state index is 11.3. The molecule has 4 nitrogen and oxygen atoms in total. The van der Waals surface area contributed by atoms with Crippen molar-refractivity contribution in [2.24, 2.45) is 0 Å². The number of rotatable bonds is 4. The van der Waals surface area contributed by atoms with Gasteiger partial charge in [0.05, 0.1) is 13.7 Å². The summed E-state index contributed by atoms with van der Waals surface area (Å²) >= 11 is 0. The van der Waals surface area contributed by atoms with Gasteiger partial charge in [-0.05, 0) is 26.7 Å². The number of carbonyl (C=O) groups is 1. The van der Waals surface area contributed by atoms with Crippen molar-refractivity contribution in [2.75, 3.05) is 26.9 Å². The molecule has 0 unspecified atom stereocenters. The standard InChI is InChI=1S/C11H21NO3/c1-9(2)12(8-11(13)14-3)10-4-6-15-7-5-10/h9-10H,4-8H2,1-3H3. The Morgan fingerprint density at radius 3 is 2.53 bits per heavy atom. The molecule has 0 bridgehead atoms. The van der Waals surface area contributed by atoms with E-state index in [0.29, 0.717) is 18.6 Å². The van der Waals surface area contributed by atoms with Crippen molar-refractivity contribution in [3.63, 3.8) is 0 Å². The highest BCUT2D eigenvalue weighted by molar-refractivity contribution is 5.71. The van der Waals surface area contributed by atoms with Crippen LogP contribution in [0.4, 0.5) is 0 Å². The van der Waals surface area contributed by atoms with Crippen molar-refractivity contribution in [3.8, 4) is 0 Å². The Bertz CT molecular complexity index is 200. The number of nitrogens with zero attached hydrogens (tertiary/aromatic N) is 1. The fourth-order valence-corrected chi connectivity index (χ4v) is 1.96. The molecule has 0 aromatic rings. The van der Waals surface area contributed by atoms with Crippen LogP contribution in [0, 0.1) is 0 Å². The molecule has 0 saturated carbocycles. The summed E-state index contributed by atoms with van der Waals surface area (Å²) in [5, 5.41) is 0. The molecular formula is C11H21NO3. The number of carbonyl (C=O) groups excluding carboxylic acids is 1. The predicted octanol–water partition coefficient (Wildman–Crippen LogP) is 1.05. The summed E-state index contributed by atoms with van der Waals surface area (Å²) < 4.78 is 10.0. The van der Waals surface area contributed by atoms with Crippen molar-refractivity contribution in [1.82, 2.24) is 4.90 Å². The summed E-state index contributed by atoms with van der Waals surface area (Å²) in [4.78, 5) is 13.5. The van der Waals surface area contributed by atoms with E-state index in [1.165, 1.54) is 7.11 Å². The van der Waals surface area contributed by atoms with Crippen LogP contribution in [0.15, 0.2) is 0 Å². The topological polar surface area (TPSA) is 38.8 Å². The van der Waals surface area contributed by atoms with Gasteiger partial charge in [0.2, 0.25) is 0 Å². The molecule has 0 spiro atoms. The molecule has 0 N–H and O–H groups in total. The molecule has 0 aromatic carbocycles. The van der Waals surface area contributed by atoms with E-state index in [2.05, 4.69) is 18.7 Å². The molecule has 1 aliphatic rings. The Morgan fingerprint density at radius 2 is 2.07 bits per heavy atom. The Balaban J connectivity index is 2.51. The zero-order valence-corrected chi connectivity index (χ0v) is 9.86. The van der Waals surface area contributed by atoms with Gasteiger partial charge in [-0.1, -0.05) is 0 Å². The van der Waals surface area contributed by atoms with Crippen molar-refractivity contribution in [3.05, 3.63) is 0 Å². The van der Waals surface area contributed by atoms with Crippen LogP contribution in [-0.2, 0) is 14.3 Å². The minimum absolute atomic E-state index is 0.157. The number of methoxy groups -OCH3 is 1. The Kier molecular flexibility index (Phi) is 5.05. The Morgan fingerprint density at radius 1 is 1.47 bits per heavy atom. The Labute approximate surface area is 91.5 Å². The number of hydrogen-bond donors (Lipinski definition) is 0. The molecule has 0 radical (unpaired) electrons. The second-order valence-corrected chi connectivity index (χ2v) is 4.19. The van der Waals surface area contributed by atoms with Gasteiger partial charge in [0.15, 0.2) is 0 Å². The third-order valence-electron chi connectivity index (χ3n) is 2.86. The van der Waals surface area contributed by atoms with E-state index in [4.69, 9.17) is 9.47 Å². The predicted molar refractivity (Wildman–Crippen MR) is 57.7 cm³/mol. The van der Waals surface area contributed by atoms with Crippen LogP contribution in [0.3, 0.4) is 0 Å². The van der Waals surface area contributed by atoms with E-state index >= 15 is 0 Å². The second-order valence-electron chi connectivity index (χ2n) is 4.19. The summed E-state index contributed by atoms with van der Waals surface area (Å²) in [5.41, 5.74) is 0. The lowest BCUT2D eigenvalue weighted by Crippen LogP contribution is -2.46. The summed E-state index contributed by atoms with van der Waals surface area (Å²) in [6.45, 7) is 6.21. The molecule has 0 aromatic heterocycles. The van der Waals surface area contributed by atoms with Gasteiger partial charge >= 0.3 is 5.97 Å². The Hall–Kier alpha value is -0.610. The van der Waals surface area contributed by atoms with Crippen LogP contribution in [0.25, 0.3) is 0 Å². The SMILES string of the molecule is COC(=O)CN(C(C)C)C1CCOCC1. The van der Waals surface area contributed by atoms with Crippen molar-refractivity contribution >= 4 is 5.97 Å². The smallest absolute Gasteiger partial charge is 0.319 e. The number of ether oxygens (including phenoxy) is 2. The van der Waals surface area contributed by atoms with Crippen LogP contribution < -0.4 is 0 Å². The zero-order chi connectivity index (χ0) is 11.3. The molecule has 15 heavy (non-hydrogen) atoms. The van der Waals surface area contributed by atoms with E-state index in [1.54, 1.807) is 0 Å². The van der Waals surface area contributed by atoms with Crippen molar-refractivity contribution in [2.45, 2.75) is 38.8 Å². The zero-order valence-electron chi connectivity index (χ0n) is 9.86. The maximum Gasteiger partial charge on any atom is 0.319 e. The van der Waals surface area contributed by atoms with Gasteiger partial charge in [0.1, 0.15) is 0 Å². The molecule has 1 rings (SSSR count). The number of esters is 1. The fourth-order valence-electron chi connectivity index (χ4n) is 1.96. The van der Waals surface area contributed by atoms with Crippen molar-refractivity contribution < 1.29 is 14.3 Å². The largest absolute Gasteiger partial charge is 0.468 e. The highest BCUT2D eigenvalue weighted by Gasteiger charge is 2.25. The molecule has 0 amide bonds. The van der Waals surface area contributed by atoms with E-state index in [-0.39, 0.29) is 5.97 Å². The van der Waals surface area contributed by atoms with Gasteiger partial charge in [0, 0.05) is 25.3 Å². The third kappa shape index (κ3) is 3.80. The molecule has 1 heterocycles. The van der Waals surface area contributed by atoms with Crippen molar-refractivity contribution in [1.29, 1.82) is 0 Å². The molecule has 4 heteroatoms. The van der Waals surface area contributed by atoms with Gasteiger partial charge in [-0.3, -0.25) is 9.69 Å². The van der Waals surface area contributed by atoms with Gasteiger partial charge < -0.3 is 9.47 Å². The van der Waals surface area contributed by atoms with Crippen LogP contribution in [0.1, 0.15) is 26.7 Å². The summed E-state index contributed by atoms with van der Waals surface area (Å²) in [5.74, 6) is -0.157. The lowest BCUT2D eigenvalue weighted by atomic mass is 10.1. The van der Waals surface area contributed by atoms with Gasteiger partial charge in [0.25, 0.3) is 0 Å². The first kappa shape index (κ1) is 12.5. The van der Waals surface area contributed by atoms with Gasteiger partial charge in [-0.2, -0.15) is 0 Å². The third-order valence-corrected chi connectivity index (χ3v) is 2.86. The first-order valence-corrected chi connectivity index (χ1v) is 5.55. The lowest BCUT2D eigenvalue weighted by molar-refractivity contribution is -0.143. The van der Waals surface area contributed by atoms with E-state index < -0.39 is 0 Å². The fraction of sp³-hybridized carbons (Fsp3) is 0.909. The van der Waals surface area contributed by atoms with Crippen LogP contribution in [0.5, 0.6) is 0 Å². The molecule has 0 atom stereocenters.